The predicted octanol–water partition coefficient (Wildman–Crippen LogP) is 0.763. The monoisotopic (exact) mass is 283 g/mol. The summed E-state index contributed by atoms with van der Waals surface area (Å²) in [5.41, 5.74) is -0.389. The lowest BCUT2D eigenvalue weighted by atomic mass is 10.0. The molecule has 7 nitrogen and oxygen atoms in total. The van der Waals surface area contributed by atoms with Gasteiger partial charge in [0, 0.05) is 19.9 Å². The number of hydrogen-bond acceptors (Lipinski definition) is 4. The fraction of sp³-hybridized carbons (Fsp3) is 0.615. The molecule has 0 aliphatic carbocycles. The summed E-state index contributed by atoms with van der Waals surface area (Å²) in [6.45, 7) is 5.25. The number of aromatic nitrogens is 2. The zero-order chi connectivity index (χ0) is 15.5. The normalized spacial score (nSPS) is 14.1. The maximum absolute atomic E-state index is 12.1. The molecule has 0 bridgehead atoms. The number of carboxylic acids is 1. The molecular weight excluding hydrogens is 262 g/mol. The van der Waals surface area contributed by atoms with E-state index in [9.17, 15) is 14.7 Å². The number of carboxylic acid groups (broad SMARTS) is 1. The summed E-state index contributed by atoms with van der Waals surface area (Å²) in [6.07, 6.45) is 0. The molecule has 0 aliphatic rings. The van der Waals surface area contributed by atoms with Gasteiger partial charge in [-0.05, 0) is 18.9 Å². The highest BCUT2D eigenvalue weighted by atomic mass is 16.5. The molecule has 7 heteroatoms. The quantitative estimate of drug-likeness (QED) is 0.804. The number of ether oxygens (including phenoxy) is 1. The van der Waals surface area contributed by atoms with Crippen molar-refractivity contribution in [2.75, 3.05) is 13.7 Å². The largest absolute Gasteiger partial charge is 0.479 e. The molecule has 0 saturated heterocycles. The first-order valence-electron chi connectivity index (χ1n) is 6.30. The Labute approximate surface area is 117 Å². The van der Waals surface area contributed by atoms with Crippen LogP contribution < -0.4 is 5.32 Å². The van der Waals surface area contributed by atoms with E-state index in [0.717, 1.165) is 5.69 Å². The van der Waals surface area contributed by atoms with E-state index in [1.807, 2.05) is 13.8 Å². The van der Waals surface area contributed by atoms with E-state index in [4.69, 9.17) is 4.74 Å². The van der Waals surface area contributed by atoms with Crippen LogP contribution in [-0.2, 0) is 16.6 Å². The zero-order valence-electron chi connectivity index (χ0n) is 12.4. The van der Waals surface area contributed by atoms with Crippen LogP contribution in [0.5, 0.6) is 0 Å². The van der Waals surface area contributed by atoms with Crippen molar-refractivity contribution in [3.63, 3.8) is 0 Å². The maximum Gasteiger partial charge on any atom is 0.331 e. The first-order chi connectivity index (χ1) is 9.21. The topological polar surface area (TPSA) is 93.5 Å². The summed E-state index contributed by atoms with van der Waals surface area (Å²) in [6, 6.07) is 1.66. The summed E-state index contributed by atoms with van der Waals surface area (Å²) < 4.78 is 6.47. The van der Waals surface area contributed by atoms with E-state index in [0.29, 0.717) is 0 Å². The second-order valence-electron chi connectivity index (χ2n) is 5.26. The second-order valence-corrected chi connectivity index (χ2v) is 5.26. The second kappa shape index (κ2) is 6.04. The number of nitrogens with zero attached hydrogens (tertiary/aromatic N) is 2. The Morgan fingerprint density at radius 3 is 2.55 bits per heavy atom. The third-order valence-electron chi connectivity index (χ3n) is 3.03. The lowest BCUT2D eigenvalue weighted by Gasteiger charge is -2.24. The van der Waals surface area contributed by atoms with Crippen molar-refractivity contribution in [3.8, 4) is 0 Å². The maximum atomic E-state index is 12.1. The highest BCUT2D eigenvalue weighted by Crippen LogP contribution is 2.15. The molecule has 20 heavy (non-hydrogen) atoms. The highest BCUT2D eigenvalue weighted by Gasteiger charge is 2.36. The van der Waals surface area contributed by atoms with Crippen LogP contribution in [0.3, 0.4) is 0 Å². The van der Waals surface area contributed by atoms with Crippen LogP contribution in [0.25, 0.3) is 0 Å². The molecule has 0 aromatic carbocycles. The minimum atomic E-state index is -1.48. The van der Waals surface area contributed by atoms with Gasteiger partial charge < -0.3 is 15.2 Å². The van der Waals surface area contributed by atoms with Crippen molar-refractivity contribution >= 4 is 11.9 Å². The molecular formula is C13H21N3O4. The van der Waals surface area contributed by atoms with Gasteiger partial charge in [-0.3, -0.25) is 9.48 Å². The van der Waals surface area contributed by atoms with Crippen LogP contribution in [0.2, 0.25) is 0 Å². The molecule has 1 aromatic rings. The Morgan fingerprint density at radius 2 is 2.15 bits per heavy atom. The van der Waals surface area contributed by atoms with E-state index in [2.05, 4.69) is 10.4 Å². The van der Waals surface area contributed by atoms with Crippen molar-refractivity contribution in [1.82, 2.24) is 15.1 Å². The van der Waals surface area contributed by atoms with Crippen molar-refractivity contribution in [3.05, 3.63) is 17.5 Å². The number of amides is 1. The van der Waals surface area contributed by atoms with Gasteiger partial charge in [0.05, 0.1) is 6.61 Å². The standard InChI is InChI=1S/C13H21N3O4/c1-8(2)10-6-9(15-16(10)4)11(17)14-13(3,7-20-5)12(18)19/h6,8H,7H2,1-5H3,(H,14,17)(H,18,19). The van der Waals surface area contributed by atoms with E-state index in [1.54, 1.807) is 17.8 Å². The molecule has 1 unspecified atom stereocenters. The minimum Gasteiger partial charge on any atom is -0.479 e. The van der Waals surface area contributed by atoms with Crippen molar-refractivity contribution in [1.29, 1.82) is 0 Å². The third kappa shape index (κ3) is 3.36. The fourth-order valence-corrected chi connectivity index (χ4v) is 1.89. The van der Waals surface area contributed by atoms with Gasteiger partial charge in [-0.1, -0.05) is 13.8 Å². The Balaban J connectivity index is 2.95. The van der Waals surface area contributed by atoms with Gasteiger partial charge in [0.2, 0.25) is 0 Å². The molecule has 1 heterocycles. The number of carbonyl (C=O) groups excluding carboxylic acids is 1. The Bertz CT molecular complexity index is 510. The van der Waals surface area contributed by atoms with Crippen LogP contribution in [0, 0.1) is 0 Å². The Kier molecular flexibility index (Phi) is 4.88. The number of nitrogens with one attached hydrogen (secondary N) is 1. The molecule has 1 aromatic heterocycles. The molecule has 0 spiro atoms. The molecule has 0 aliphatic heterocycles. The fourth-order valence-electron chi connectivity index (χ4n) is 1.89. The summed E-state index contributed by atoms with van der Waals surface area (Å²) in [4.78, 5) is 23.4. The van der Waals surface area contributed by atoms with Gasteiger partial charge in [0.25, 0.3) is 5.91 Å². The number of methoxy groups -OCH3 is 1. The number of aliphatic carboxylic acids is 1. The molecule has 1 rings (SSSR count). The lowest BCUT2D eigenvalue weighted by molar-refractivity contribution is -0.145. The van der Waals surface area contributed by atoms with E-state index < -0.39 is 17.4 Å². The first kappa shape index (κ1) is 16.2. The van der Waals surface area contributed by atoms with Crippen LogP contribution in [0.4, 0.5) is 0 Å². The van der Waals surface area contributed by atoms with Crippen LogP contribution in [-0.4, -0.2) is 46.0 Å². The van der Waals surface area contributed by atoms with Gasteiger partial charge >= 0.3 is 5.97 Å². The molecule has 0 fully saturated rings. The molecule has 0 saturated carbocycles. The van der Waals surface area contributed by atoms with E-state index in [-0.39, 0.29) is 18.2 Å². The minimum absolute atomic E-state index is 0.127. The van der Waals surface area contributed by atoms with Gasteiger partial charge in [-0.15, -0.1) is 0 Å². The average molecular weight is 283 g/mol. The van der Waals surface area contributed by atoms with Crippen LogP contribution >= 0.6 is 0 Å². The first-order valence-corrected chi connectivity index (χ1v) is 6.30. The van der Waals surface area contributed by atoms with Gasteiger partial charge in [0.1, 0.15) is 5.69 Å². The number of carbonyl (C=O) groups is 2. The molecule has 2 N–H and O–H groups in total. The van der Waals surface area contributed by atoms with Gasteiger partial charge in [-0.25, -0.2) is 4.79 Å². The molecule has 1 amide bonds. The van der Waals surface area contributed by atoms with Crippen LogP contribution in [0.1, 0.15) is 42.9 Å². The summed E-state index contributed by atoms with van der Waals surface area (Å²) in [7, 11) is 3.13. The van der Waals surface area contributed by atoms with Gasteiger partial charge in [0.15, 0.2) is 5.54 Å². The van der Waals surface area contributed by atoms with Crippen LogP contribution in [0.15, 0.2) is 6.07 Å². The number of aryl methyl sites for hydroxylation is 1. The van der Waals surface area contributed by atoms with E-state index in [1.165, 1.54) is 14.0 Å². The molecule has 0 radical (unpaired) electrons. The summed E-state index contributed by atoms with van der Waals surface area (Å²) in [5, 5.41) is 15.7. The third-order valence-corrected chi connectivity index (χ3v) is 3.03. The SMILES string of the molecule is COCC(C)(NC(=O)c1cc(C(C)C)n(C)n1)C(=O)O. The van der Waals surface area contributed by atoms with Gasteiger partial charge in [-0.2, -0.15) is 5.10 Å². The zero-order valence-corrected chi connectivity index (χ0v) is 12.4. The number of rotatable bonds is 6. The Morgan fingerprint density at radius 1 is 1.55 bits per heavy atom. The predicted molar refractivity (Wildman–Crippen MR) is 72.7 cm³/mol. The van der Waals surface area contributed by atoms with Crippen molar-refractivity contribution < 1.29 is 19.4 Å². The lowest BCUT2D eigenvalue weighted by Crippen LogP contribution is -2.55. The molecule has 112 valence electrons. The Hall–Kier alpha value is -1.89. The average Bonchev–Trinajstić information content (AvgIpc) is 2.71. The van der Waals surface area contributed by atoms with Crippen molar-refractivity contribution in [2.45, 2.75) is 32.2 Å². The number of hydrogen-bond donors (Lipinski definition) is 2. The van der Waals surface area contributed by atoms with Crippen molar-refractivity contribution in [2.24, 2.45) is 7.05 Å². The summed E-state index contributed by atoms with van der Waals surface area (Å²) >= 11 is 0. The van der Waals surface area contributed by atoms with E-state index >= 15 is 0 Å². The molecule has 1 atom stereocenters. The smallest absolute Gasteiger partial charge is 0.331 e. The highest BCUT2D eigenvalue weighted by molar-refractivity contribution is 5.96. The summed E-state index contributed by atoms with van der Waals surface area (Å²) in [5.74, 6) is -1.47.